The van der Waals surface area contributed by atoms with Gasteiger partial charge in [-0.05, 0) is 60.8 Å². The van der Waals surface area contributed by atoms with Gasteiger partial charge in [-0.2, -0.15) is 0 Å². The largest absolute Gasteiger partial charge is 0.305 e. The minimum absolute atomic E-state index is 1.03. The molecule has 0 N–H and O–H groups in total. The van der Waals surface area contributed by atoms with Crippen LogP contribution in [0.1, 0.15) is 11.1 Å². The Bertz CT molecular complexity index is 269. The maximum absolute atomic E-state index is 2.36. The summed E-state index contributed by atoms with van der Waals surface area (Å²) in [4.78, 5) is 2.18. The SMILES string of the molecule is Cc1cc(CN(C)C)ccc1I. The quantitative estimate of drug-likeness (QED) is 0.750. The van der Waals surface area contributed by atoms with Gasteiger partial charge in [-0.25, -0.2) is 0 Å². The lowest BCUT2D eigenvalue weighted by molar-refractivity contribution is 0.402. The van der Waals surface area contributed by atoms with E-state index < -0.39 is 0 Å². The summed E-state index contributed by atoms with van der Waals surface area (Å²) in [7, 11) is 4.18. The summed E-state index contributed by atoms with van der Waals surface area (Å²) >= 11 is 2.36. The van der Waals surface area contributed by atoms with Gasteiger partial charge in [0.05, 0.1) is 0 Å². The van der Waals surface area contributed by atoms with Gasteiger partial charge < -0.3 is 4.90 Å². The Hall–Kier alpha value is -0.0900. The van der Waals surface area contributed by atoms with Gasteiger partial charge in [0.1, 0.15) is 0 Å². The molecule has 0 saturated heterocycles. The van der Waals surface area contributed by atoms with Gasteiger partial charge in [0, 0.05) is 10.1 Å². The van der Waals surface area contributed by atoms with Crippen molar-refractivity contribution in [2.24, 2.45) is 0 Å². The van der Waals surface area contributed by atoms with Crippen LogP contribution in [0.3, 0.4) is 0 Å². The third kappa shape index (κ3) is 2.75. The number of halogens is 1. The molecule has 0 unspecified atom stereocenters. The molecule has 1 rings (SSSR count). The zero-order valence-electron chi connectivity index (χ0n) is 7.76. The first-order valence-electron chi connectivity index (χ1n) is 3.99. The van der Waals surface area contributed by atoms with Gasteiger partial charge in [0.2, 0.25) is 0 Å². The highest BCUT2D eigenvalue weighted by Gasteiger charge is 1.97. The average Bonchev–Trinajstić information content (AvgIpc) is 1.96. The summed E-state index contributed by atoms with van der Waals surface area (Å²) in [5, 5.41) is 0. The van der Waals surface area contributed by atoms with Gasteiger partial charge in [-0.15, -0.1) is 0 Å². The van der Waals surface area contributed by atoms with Crippen LogP contribution in [0.2, 0.25) is 0 Å². The first-order chi connectivity index (χ1) is 5.59. The third-order valence-electron chi connectivity index (χ3n) is 1.72. The Labute approximate surface area is 87.9 Å². The predicted molar refractivity (Wildman–Crippen MR) is 61.3 cm³/mol. The number of aryl methyl sites for hydroxylation is 1. The molecule has 0 spiro atoms. The Morgan fingerprint density at radius 2 is 2.00 bits per heavy atom. The second kappa shape index (κ2) is 4.23. The standard InChI is InChI=1S/C10H14IN/c1-8-6-9(7-12(2)3)4-5-10(8)11/h4-6H,7H2,1-3H3. The van der Waals surface area contributed by atoms with Gasteiger partial charge in [-0.1, -0.05) is 12.1 Å². The van der Waals surface area contributed by atoms with Crippen molar-refractivity contribution in [2.75, 3.05) is 14.1 Å². The molecule has 1 aromatic rings. The van der Waals surface area contributed by atoms with E-state index >= 15 is 0 Å². The van der Waals surface area contributed by atoms with Crippen LogP contribution in [0, 0.1) is 10.5 Å². The average molecular weight is 275 g/mol. The summed E-state index contributed by atoms with van der Waals surface area (Å²) in [5.74, 6) is 0. The van der Waals surface area contributed by atoms with Crippen molar-refractivity contribution in [2.45, 2.75) is 13.5 Å². The van der Waals surface area contributed by atoms with Crippen LogP contribution >= 0.6 is 22.6 Å². The lowest BCUT2D eigenvalue weighted by Gasteiger charge is -2.10. The van der Waals surface area contributed by atoms with Crippen molar-refractivity contribution in [3.8, 4) is 0 Å². The highest BCUT2D eigenvalue weighted by molar-refractivity contribution is 14.1. The second-order valence-corrected chi connectivity index (χ2v) is 4.48. The molecular weight excluding hydrogens is 261 g/mol. The number of hydrogen-bond acceptors (Lipinski definition) is 1. The van der Waals surface area contributed by atoms with Gasteiger partial charge in [-0.3, -0.25) is 0 Å². The van der Waals surface area contributed by atoms with Crippen LogP contribution < -0.4 is 0 Å². The maximum atomic E-state index is 2.36. The highest BCUT2D eigenvalue weighted by Crippen LogP contribution is 2.13. The molecule has 0 fully saturated rings. The van der Waals surface area contributed by atoms with Crippen molar-refractivity contribution < 1.29 is 0 Å². The van der Waals surface area contributed by atoms with Crippen molar-refractivity contribution in [1.29, 1.82) is 0 Å². The van der Waals surface area contributed by atoms with Crippen molar-refractivity contribution in [3.63, 3.8) is 0 Å². The van der Waals surface area contributed by atoms with Crippen molar-refractivity contribution >= 4 is 22.6 Å². The van der Waals surface area contributed by atoms with Crippen LogP contribution in [0.4, 0.5) is 0 Å². The fourth-order valence-electron chi connectivity index (χ4n) is 1.17. The van der Waals surface area contributed by atoms with Crippen LogP contribution in [-0.2, 0) is 6.54 Å². The molecular formula is C10H14IN. The highest BCUT2D eigenvalue weighted by atomic mass is 127. The Kier molecular flexibility index (Phi) is 3.53. The Morgan fingerprint density at radius 1 is 1.33 bits per heavy atom. The first kappa shape index (κ1) is 9.99. The molecule has 1 aromatic carbocycles. The molecule has 2 heteroatoms. The number of nitrogens with zero attached hydrogens (tertiary/aromatic N) is 1. The molecule has 1 nitrogen and oxygen atoms in total. The lowest BCUT2D eigenvalue weighted by atomic mass is 10.1. The van der Waals surface area contributed by atoms with E-state index in [1.807, 2.05) is 0 Å². The minimum Gasteiger partial charge on any atom is -0.305 e. The van der Waals surface area contributed by atoms with E-state index in [1.165, 1.54) is 14.7 Å². The maximum Gasteiger partial charge on any atom is 0.0227 e. The van der Waals surface area contributed by atoms with Crippen LogP contribution in [0.15, 0.2) is 18.2 Å². The molecule has 66 valence electrons. The summed E-state index contributed by atoms with van der Waals surface area (Å²) in [6, 6.07) is 6.62. The molecule has 0 heterocycles. The lowest BCUT2D eigenvalue weighted by Crippen LogP contribution is -2.10. The molecule has 0 aromatic heterocycles. The number of benzene rings is 1. The van der Waals surface area contributed by atoms with Gasteiger partial charge >= 0.3 is 0 Å². The fourth-order valence-corrected chi connectivity index (χ4v) is 1.51. The van der Waals surface area contributed by atoms with E-state index in [0.29, 0.717) is 0 Å². The fraction of sp³-hybridized carbons (Fsp3) is 0.400. The molecule has 0 aliphatic heterocycles. The molecule has 0 aliphatic carbocycles. The van der Waals surface area contributed by atoms with Gasteiger partial charge in [0.15, 0.2) is 0 Å². The normalized spacial score (nSPS) is 10.8. The Morgan fingerprint density at radius 3 is 2.50 bits per heavy atom. The van der Waals surface area contributed by atoms with E-state index in [9.17, 15) is 0 Å². The van der Waals surface area contributed by atoms with E-state index in [4.69, 9.17) is 0 Å². The third-order valence-corrected chi connectivity index (χ3v) is 2.93. The van der Waals surface area contributed by atoms with Gasteiger partial charge in [0.25, 0.3) is 0 Å². The molecule has 0 atom stereocenters. The van der Waals surface area contributed by atoms with E-state index in [0.717, 1.165) is 6.54 Å². The number of hydrogen-bond donors (Lipinski definition) is 0. The molecule has 12 heavy (non-hydrogen) atoms. The summed E-state index contributed by atoms with van der Waals surface area (Å²) < 4.78 is 1.34. The van der Waals surface area contributed by atoms with E-state index in [2.05, 4.69) is 66.7 Å². The topological polar surface area (TPSA) is 3.24 Å². The molecule has 0 aliphatic rings. The van der Waals surface area contributed by atoms with Crippen LogP contribution in [0.25, 0.3) is 0 Å². The number of rotatable bonds is 2. The predicted octanol–water partition coefficient (Wildman–Crippen LogP) is 2.66. The zero-order valence-corrected chi connectivity index (χ0v) is 9.92. The van der Waals surface area contributed by atoms with Crippen LogP contribution in [-0.4, -0.2) is 19.0 Å². The monoisotopic (exact) mass is 275 g/mol. The minimum atomic E-state index is 1.03. The summed E-state index contributed by atoms with van der Waals surface area (Å²) in [6.07, 6.45) is 0. The van der Waals surface area contributed by atoms with Crippen molar-refractivity contribution in [3.05, 3.63) is 32.9 Å². The second-order valence-electron chi connectivity index (χ2n) is 3.32. The van der Waals surface area contributed by atoms with Crippen molar-refractivity contribution in [1.82, 2.24) is 4.90 Å². The smallest absolute Gasteiger partial charge is 0.0227 e. The summed E-state index contributed by atoms with van der Waals surface area (Å²) in [6.45, 7) is 3.18. The Balaban J connectivity index is 2.82. The zero-order chi connectivity index (χ0) is 9.14. The molecule has 0 amide bonds. The van der Waals surface area contributed by atoms with E-state index in [-0.39, 0.29) is 0 Å². The molecule has 0 radical (unpaired) electrons. The van der Waals surface area contributed by atoms with Crippen LogP contribution in [0.5, 0.6) is 0 Å². The molecule has 0 saturated carbocycles. The molecule has 0 bridgehead atoms. The first-order valence-corrected chi connectivity index (χ1v) is 5.07. The summed E-state index contributed by atoms with van der Waals surface area (Å²) in [5.41, 5.74) is 2.76. The van der Waals surface area contributed by atoms with E-state index in [1.54, 1.807) is 0 Å².